The standard InChI is InChI=1S/C19H22N2O2/c1-2-23-17-12-10-15(11-13-17)18-9-6-14-21(18)19(22)20-16-7-4-3-5-8-16/h3-5,7-8,10-13,18H,2,6,9,14H2,1H3,(H,20,22). The van der Waals surface area contributed by atoms with E-state index in [1.807, 2.05) is 54.3 Å². The second-order valence-electron chi connectivity index (χ2n) is 5.65. The molecule has 0 bridgehead atoms. The monoisotopic (exact) mass is 310 g/mol. The summed E-state index contributed by atoms with van der Waals surface area (Å²) in [6.45, 7) is 3.42. The van der Waals surface area contributed by atoms with Crippen molar-refractivity contribution in [2.75, 3.05) is 18.5 Å². The fraction of sp³-hybridized carbons (Fsp3) is 0.316. The number of carbonyl (C=O) groups excluding carboxylic acids is 1. The highest BCUT2D eigenvalue weighted by Gasteiger charge is 2.29. The van der Waals surface area contributed by atoms with Gasteiger partial charge >= 0.3 is 6.03 Å². The molecule has 0 aliphatic carbocycles. The van der Waals surface area contributed by atoms with Gasteiger partial charge in [0.05, 0.1) is 12.6 Å². The molecule has 1 aliphatic heterocycles. The van der Waals surface area contributed by atoms with Gasteiger partial charge in [-0.1, -0.05) is 30.3 Å². The van der Waals surface area contributed by atoms with Crippen molar-refractivity contribution < 1.29 is 9.53 Å². The average molecular weight is 310 g/mol. The molecule has 120 valence electrons. The van der Waals surface area contributed by atoms with Gasteiger partial charge in [0.15, 0.2) is 0 Å². The van der Waals surface area contributed by atoms with Crippen molar-refractivity contribution in [1.29, 1.82) is 0 Å². The Morgan fingerprint density at radius 2 is 1.91 bits per heavy atom. The number of nitrogens with one attached hydrogen (secondary N) is 1. The van der Waals surface area contributed by atoms with Crippen LogP contribution in [0.1, 0.15) is 31.4 Å². The van der Waals surface area contributed by atoms with Crippen molar-refractivity contribution >= 4 is 11.7 Å². The van der Waals surface area contributed by atoms with Gasteiger partial charge in [-0.05, 0) is 49.6 Å². The third-order valence-electron chi connectivity index (χ3n) is 4.11. The van der Waals surface area contributed by atoms with Gasteiger partial charge in [-0.3, -0.25) is 0 Å². The summed E-state index contributed by atoms with van der Waals surface area (Å²) in [7, 11) is 0. The normalized spacial score (nSPS) is 17.1. The van der Waals surface area contributed by atoms with Crippen LogP contribution in [-0.2, 0) is 0 Å². The van der Waals surface area contributed by atoms with Gasteiger partial charge in [0.2, 0.25) is 0 Å². The maximum absolute atomic E-state index is 12.6. The summed E-state index contributed by atoms with van der Waals surface area (Å²) in [6.07, 6.45) is 2.02. The summed E-state index contributed by atoms with van der Waals surface area (Å²) in [5.74, 6) is 0.870. The van der Waals surface area contributed by atoms with Gasteiger partial charge in [0.25, 0.3) is 0 Å². The average Bonchev–Trinajstić information content (AvgIpc) is 3.06. The smallest absolute Gasteiger partial charge is 0.322 e. The zero-order valence-corrected chi connectivity index (χ0v) is 13.4. The highest BCUT2D eigenvalue weighted by molar-refractivity contribution is 5.89. The second-order valence-corrected chi connectivity index (χ2v) is 5.65. The maximum atomic E-state index is 12.6. The molecule has 4 heteroatoms. The fourth-order valence-corrected chi connectivity index (χ4v) is 3.03. The lowest BCUT2D eigenvalue weighted by atomic mass is 10.0. The molecule has 2 aromatic carbocycles. The predicted molar refractivity (Wildman–Crippen MR) is 91.8 cm³/mol. The Balaban J connectivity index is 1.70. The van der Waals surface area contributed by atoms with Gasteiger partial charge < -0.3 is 15.0 Å². The molecule has 1 heterocycles. The quantitative estimate of drug-likeness (QED) is 0.906. The number of hydrogen-bond donors (Lipinski definition) is 1. The molecule has 2 aromatic rings. The Morgan fingerprint density at radius 1 is 1.17 bits per heavy atom. The maximum Gasteiger partial charge on any atom is 0.322 e. The number of likely N-dealkylation sites (tertiary alicyclic amines) is 1. The van der Waals surface area contributed by atoms with E-state index in [0.29, 0.717) is 6.61 Å². The molecule has 0 radical (unpaired) electrons. The minimum absolute atomic E-state index is 0.0346. The fourth-order valence-electron chi connectivity index (χ4n) is 3.03. The molecule has 1 unspecified atom stereocenters. The van der Waals surface area contributed by atoms with Crippen LogP contribution in [-0.4, -0.2) is 24.1 Å². The SMILES string of the molecule is CCOc1ccc(C2CCCN2C(=O)Nc2ccccc2)cc1. The van der Waals surface area contributed by atoms with Crippen molar-refractivity contribution in [3.05, 3.63) is 60.2 Å². The molecule has 23 heavy (non-hydrogen) atoms. The first kappa shape index (κ1) is 15.4. The second kappa shape index (κ2) is 7.18. The van der Waals surface area contributed by atoms with E-state index in [1.54, 1.807) is 0 Å². The van der Waals surface area contributed by atoms with Crippen LogP contribution < -0.4 is 10.1 Å². The number of nitrogens with zero attached hydrogens (tertiary/aromatic N) is 1. The predicted octanol–water partition coefficient (Wildman–Crippen LogP) is 4.45. The van der Waals surface area contributed by atoms with E-state index in [4.69, 9.17) is 4.74 Å². The summed E-state index contributed by atoms with van der Waals surface area (Å²) in [6, 6.07) is 17.8. The van der Waals surface area contributed by atoms with Crippen molar-refractivity contribution in [1.82, 2.24) is 4.90 Å². The van der Waals surface area contributed by atoms with Crippen LogP contribution in [0.25, 0.3) is 0 Å². The van der Waals surface area contributed by atoms with Crippen molar-refractivity contribution in [3.63, 3.8) is 0 Å². The highest BCUT2D eigenvalue weighted by atomic mass is 16.5. The van der Waals surface area contributed by atoms with Crippen LogP contribution in [0.5, 0.6) is 5.75 Å². The van der Waals surface area contributed by atoms with Crippen molar-refractivity contribution in [2.24, 2.45) is 0 Å². The molecule has 1 aliphatic rings. The first-order valence-corrected chi connectivity index (χ1v) is 8.13. The van der Waals surface area contributed by atoms with Gasteiger partial charge in [-0.25, -0.2) is 4.79 Å². The first-order valence-electron chi connectivity index (χ1n) is 8.13. The molecule has 1 atom stereocenters. The van der Waals surface area contributed by atoms with Crippen LogP contribution in [0, 0.1) is 0 Å². The first-order chi connectivity index (χ1) is 11.3. The third-order valence-corrected chi connectivity index (χ3v) is 4.11. The van der Waals surface area contributed by atoms with E-state index in [0.717, 1.165) is 36.4 Å². The number of hydrogen-bond acceptors (Lipinski definition) is 2. The van der Waals surface area contributed by atoms with Crippen LogP contribution in [0.2, 0.25) is 0 Å². The lowest BCUT2D eigenvalue weighted by Gasteiger charge is -2.25. The van der Waals surface area contributed by atoms with Crippen LogP contribution in [0.4, 0.5) is 10.5 Å². The molecule has 0 saturated carbocycles. The number of anilines is 1. The number of benzene rings is 2. The largest absolute Gasteiger partial charge is 0.494 e. The molecule has 1 saturated heterocycles. The molecule has 4 nitrogen and oxygen atoms in total. The summed E-state index contributed by atoms with van der Waals surface area (Å²) < 4.78 is 5.48. The zero-order valence-electron chi connectivity index (χ0n) is 13.4. The molecule has 2 amide bonds. The summed E-state index contributed by atoms with van der Waals surface area (Å²) in [5, 5.41) is 2.98. The van der Waals surface area contributed by atoms with Crippen molar-refractivity contribution in [2.45, 2.75) is 25.8 Å². The Kier molecular flexibility index (Phi) is 4.81. The summed E-state index contributed by atoms with van der Waals surface area (Å²) in [5.41, 5.74) is 1.99. The van der Waals surface area contributed by atoms with Gasteiger partial charge in [0.1, 0.15) is 5.75 Å². The minimum Gasteiger partial charge on any atom is -0.494 e. The van der Waals surface area contributed by atoms with E-state index >= 15 is 0 Å². The number of amides is 2. The molecule has 0 spiro atoms. The number of carbonyl (C=O) groups is 1. The van der Waals surface area contributed by atoms with E-state index in [9.17, 15) is 4.79 Å². The Bertz CT molecular complexity index is 640. The Labute approximate surface area is 137 Å². The third kappa shape index (κ3) is 3.65. The molecule has 1 fully saturated rings. The van der Waals surface area contributed by atoms with Gasteiger partial charge in [0, 0.05) is 12.2 Å². The summed E-state index contributed by atoms with van der Waals surface area (Å²) in [4.78, 5) is 14.5. The van der Waals surface area contributed by atoms with Crippen LogP contribution in [0.3, 0.4) is 0 Å². The topological polar surface area (TPSA) is 41.6 Å². The highest BCUT2D eigenvalue weighted by Crippen LogP contribution is 2.33. The summed E-state index contributed by atoms with van der Waals surface area (Å²) >= 11 is 0. The number of urea groups is 1. The molecule has 0 aromatic heterocycles. The number of para-hydroxylation sites is 1. The Hall–Kier alpha value is -2.49. The van der Waals surface area contributed by atoms with Crippen LogP contribution in [0.15, 0.2) is 54.6 Å². The van der Waals surface area contributed by atoms with Crippen molar-refractivity contribution in [3.8, 4) is 5.75 Å². The lowest BCUT2D eigenvalue weighted by molar-refractivity contribution is 0.207. The van der Waals surface area contributed by atoms with E-state index in [1.165, 1.54) is 0 Å². The van der Waals surface area contributed by atoms with Gasteiger partial charge in [-0.15, -0.1) is 0 Å². The van der Waals surface area contributed by atoms with E-state index in [-0.39, 0.29) is 12.1 Å². The molecule has 1 N–H and O–H groups in total. The molecule has 3 rings (SSSR count). The number of rotatable bonds is 4. The van der Waals surface area contributed by atoms with E-state index in [2.05, 4.69) is 17.4 Å². The molecular formula is C19H22N2O2. The van der Waals surface area contributed by atoms with Gasteiger partial charge in [-0.2, -0.15) is 0 Å². The molecular weight excluding hydrogens is 288 g/mol. The minimum atomic E-state index is -0.0346. The Morgan fingerprint density at radius 3 is 2.61 bits per heavy atom. The van der Waals surface area contributed by atoms with Crippen LogP contribution >= 0.6 is 0 Å². The zero-order chi connectivity index (χ0) is 16.1. The van der Waals surface area contributed by atoms with E-state index < -0.39 is 0 Å². The lowest BCUT2D eigenvalue weighted by Crippen LogP contribution is -2.34. The number of ether oxygens (including phenoxy) is 1.